The number of rotatable bonds is 1. The summed E-state index contributed by atoms with van der Waals surface area (Å²) < 4.78 is 38.6. The molecule has 3 amide bonds. The van der Waals surface area contributed by atoms with Crippen LogP contribution in [-0.2, 0) is 4.79 Å². The number of amides is 3. The Labute approximate surface area is 127 Å². The molecule has 2 saturated heterocycles. The van der Waals surface area contributed by atoms with Crippen LogP contribution in [0.5, 0.6) is 0 Å². The van der Waals surface area contributed by atoms with Gasteiger partial charge in [-0.1, -0.05) is 6.92 Å². The molecule has 2 fully saturated rings. The zero-order chi connectivity index (χ0) is 16.7. The molecule has 2 aliphatic heterocycles. The maximum absolute atomic E-state index is 12.9. The van der Waals surface area contributed by atoms with Gasteiger partial charge in [0.25, 0.3) is 0 Å². The fourth-order valence-electron chi connectivity index (χ4n) is 3.20. The lowest BCUT2D eigenvalue weighted by molar-refractivity contribution is -0.178. The molecular weight excluding hydrogens is 299 g/mol. The van der Waals surface area contributed by atoms with E-state index in [1.807, 2.05) is 0 Å². The van der Waals surface area contributed by atoms with Gasteiger partial charge in [-0.15, -0.1) is 0 Å². The molecule has 126 valence electrons. The molecule has 2 aliphatic rings. The number of halogens is 3. The standard InChI is InChI=1S/C14H22F3N3O2/c1-8-6-20(7-9(8)14(15,16)17)12(22)18-10-4-5-11(21)19-13(10,2)3/h8-10H,4-7H2,1-3H3,(H,18,22)(H,19,21)/t8-,9-,10?/m1/s1. The molecule has 1 unspecified atom stereocenters. The van der Waals surface area contributed by atoms with Crippen LogP contribution < -0.4 is 10.6 Å². The van der Waals surface area contributed by atoms with Gasteiger partial charge in [0.1, 0.15) is 0 Å². The highest BCUT2D eigenvalue weighted by molar-refractivity contribution is 5.79. The van der Waals surface area contributed by atoms with Crippen molar-refractivity contribution in [2.24, 2.45) is 11.8 Å². The normalized spacial score (nSPS) is 31.8. The summed E-state index contributed by atoms with van der Waals surface area (Å²) in [5.41, 5.74) is -0.611. The Bertz CT molecular complexity index is 465. The molecule has 2 heterocycles. The minimum absolute atomic E-state index is 0.0811. The molecule has 0 aromatic heterocycles. The number of hydrogen-bond acceptors (Lipinski definition) is 2. The van der Waals surface area contributed by atoms with E-state index in [-0.39, 0.29) is 25.0 Å². The van der Waals surface area contributed by atoms with E-state index in [2.05, 4.69) is 10.6 Å². The Morgan fingerprint density at radius 3 is 2.50 bits per heavy atom. The smallest absolute Gasteiger partial charge is 0.349 e. The topological polar surface area (TPSA) is 61.4 Å². The molecule has 3 atom stereocenters. The predicted molar refractivity (Wildman–Crippen MR) is 74.1 cm³/mol. The molecule has 0 radical (unpaired) electrons. The summed E-state index contributed by atoms with van der Waals surface area (Å²) in [6.45, 7) is 4.88. The van der Waals surface area contributed by atoms with Crippen LogP contribution in [0.3, 0.4) is 0 Å². The van der Waals surface area contributed by atoms with Crippen molar-refractivity contribution < 1.29 is 22.8 Å². The van der Waals surface area contributed by atoms with Crippen molar-refractivity contribution in [2.45, 2.75) is 51.4 Å². The van der Waals surface area contributed by atoms with Crippen molar-refractivity contribution in [3.63, 3.8) is 0 Å². The van der Waals surface area contributed by atoms with Gasteiger partial charge in [-0.3, -0.25) is 4.79 Å². The van der Waals surface area contributed by atoms with Crippen LogP contribution in [0, 0.1) is 11.8 Å². The Balaban J connectivity index is 1.97. The maximum Gasteiger partial charge on any atom is 0.393 e. The van der Waals surface area contributed by atoms with E-state index < -0.39 is 29.6 Å². The van der Waals surface area contributed by atoms with Crippen LogP contribution >= 0.6 is 0 Å². The van der Waals surface area contributed by atoms with Crippen molar-refractivity contribution in [3.05, 3.63) is 0 Å². The number of nitrogens with one attached hydrogen (secondary N) is 2. The molecular formula is C14H22F3N3O2. The van der Waals surface area contributed by atoms with E-state index in [0.29, 0.717) is 12.8 Å². The molecule has 0 aliphatic carbocycles. The molecule has 5 nitrogen and oxygen atoms in total. The van der Waals surface area contributed by atoms with E-state index in [9.17, 15) is 22.8 Å². The van der Waals surface area contributed by atoms with E-state index >= 15 is 0 Å². The number of carbonyl (C=O) groups excluding carboxylic acids is 2. The molecule has 0 spiro atoms. The highest BCUT2D eigenvalue weighted by Gasteiger charge is 2.49. The first-order chi connectivity index (χ1) is 10.0. The lowest BCUT2D eigenvalue weighted by Crippen LogP contribution is -2.63. The van der Waals surface area contributed by atoms with Gasteiger partial charge in [-0.2, -0.15) is 13.2 Å². The number of carbonyl (C=O) groups is 2. The van der Waals surface area contributed by atoms with Gasteiger partial charge in [0, 0.05) is 19.5 Å². The van der Waals surface area contributed by atoms with Crippen LogP contribution in [0.2, 0.25) is 0 Å². The van der Waals surface area contributed by atoms with Crippen molar-refractivity contribution in [1.29, 1.82) is 0 Å². The molecule has 0 bridgehead atoms. The zero-order valence-corrected chi connectivity index (χ0v) is 13.0. The number of urea groups is 1. The number of hydrogen-bond donors (Lipinski definition) is 2. The third-order valence-electron chi connectivity index (χ3n) is 4.61. The number of nitrogens with zero attached hydrogens (tertiary/aromatic N) is 1. The maximum atomic E-state index is 12.9. The SMILES string of the molecule is C[C@@H]1CN(C(=O)NC2CCC(=O)NC2(C)C)C[C@H]1C(F)(F)F. The van der Waals surface area contributed by atoms with Gasteiger partial charge >= 0.3 is 12.2 Å². The number of piperidine rings is 1. The Morgan fingerprint density at radius 1 is 1.36 bits per heavy atom. The Hall–Kier alpha value is -1.47. The fraction of sp³-hybridized carbons (Fsp3) is 0.857. The quantitative estimate of drug-likeness (QED) is 0.775. The molecule has 0 aromatic rings. The van der Waals surface area contributed by atoms with Gasteiger partial charge in [-0.05, 0) is 26.2 Å². The average molecular weight is 321 g/mol. The summed E-state index contributed by atoms with van der Waals surface area (Å²) in [7, 11) is 0. The third kappa shape index (κ3) is 3.47. The van der Waals surface area contributed by atoms with Crippen LogP contribution in [0.15, 0.2) is 0 Å². The van der Waals surface area contributed by atoms with Gasteiger partial charge in [0.15, 0.2) is 0 Å². The summed E-state index contributed by atoms with van der Waals surface area (Å²) in [5.74, 6) is -2.16. The molecule has 0 aromatic carbocycles. The van der Waals surface area contributed by atoms with E-state index in [0.717, 1.165) is 0 Å². The van der Waals surface area contributed by atoms with Crippen LogP contribution in [0.1, 0.15) is 33.6 Å². The van der Waals surface area contributed by atoms with Gasteiger partial charge in [-0.25, -0.2) is 4.79 Å². The average Bonchev–Trinajstić information content (AvgIpc) is 2.74. The van der Waals surface area contributed by atoms with Crippen molar-refractivity contribution in [2.75, 3.05) is 13.1 Å². The minimum Gasteiger partial charge on any atom is -0.349 e. The second kappa shape index (κ2) is 5.62. The van der Waals surface area contributed by atoms with Crippen molar-refractivity contribution in [3.8, 4) is 0 Å². The van der Waals surface area contributed by atoms with Gasteiger partial charge in [0.05, 0.1) is 17.5 Å². The molecule has 8 heteroatoms. The summed E-state index contributed by atoms with van der Waals surface area (Å²) in [6.07, 6.45) is -3.50. The van der Waals surface area contributed by atoms with Gasteiger partial charge in [0.2, 0.25) is 5.91 Å². The van der Waals surface area contributed by atoms with E-state index in [1.54, 1.807) is 13.8 Å². The van der Waals surface area contributed by atoms with E-state index in [4.69, 9.17) is 0 Å². The van der Waals surface area contributed by atoms with Crippen LogP contribution in [0.4, 0.5) is 18.0 Å². The third-order valence-corrected chi connectivity index (χ3v) is 4.61. The highest BCUT2D eigenvalue weighted by Crippen LogP contribution is 2.37. The van der Waals surface area contributed by atoms with Crippen LogP contribution in [0.25, 0.3) is 0 Å². The van der Waals surface area contributed by atoms with Crippen LogP contribution in [-0.4, -0.2) is 47.7 Å². The lowest BCUT2D eigenvalue weighted by Gasteiger charge is -2.40. The monoisotopic (exact) mass is 321 g/mol. The fourth-order valence-corrected chi connectivity index (χ4v) is 3.20. The lowest BCUT2D eigenvalue weighted by atomic mass is 9.87. The van der Waals surface area contributed by atoms with Crippen molar-refractivity contribution >= 4 is 11.9 Å². The summed E-state index contributed by atoms with van der Waals surface area (Å²) in [4.78, 5) is 24.9. The molecule has 22 heavy (non-hydrogen) atoms. The molecule has 2 N–H and O–H groups in total. The highest BCUT2D eigenvalue weighted by atomic mass is 19.4. The van der Waals surface area contributed by atoms with E-state index in [1.165, 1.54) is 11.8 Å². The Kier molecular flexibility index (Phi) is 4.32. The first-order valence-electron chi connectivity index (χ1n) is 7.44. The molecule has 2 rings (SSSR count). The first kappa shape index (κ1) is 16.9. The second-order valence-electron chi connectivity index (χ2n) is 6.84. The summed E-state index contributed by atoms with van der Waals surface area (Å²) >= 11 is 0. The summed E-state index contributed by atoms with van der Waals surface area (Å²) in [5, 5.41) is 5.56. The van der Waals surface area contributed by atoms with Gasteiger partial charge < -0.3 is 15.5 Å². The zero-order valence-electron chi connectivity index (χ0n) is 13.0. The van der Waals surface area contributed by atoms with Crippen molar-refractivity contribution in [1.82, 2.24) is 15.5 Å². The predicted octanol–water partition coefficient (Wildman–Crippen LogP) is 1.88. The summed E-state index contributed by atoms with van der Waals surface area (Å²) in [6, 6.07) is -0.786. The molecule has 0 saturated carbocycles. The second-order valence-corrected chi connectivity index (χ2v) is 6.84. The Morgan fingerprint density at radius 2 is 2.00 bits per heavy atom. The number of alkyl halides is 3. The largest absolute Gasteiger partial charge is 0.393 e. The minimum atomic E-state index is -4.29. The number of likely N-dealkylation sites (tertiary alicyclic amines) is 1. The first-order valence-corrected chi connectivity index (χ1v) is 7.44.